The van der Waals surface area contributed by atoms with E-state index in [0.717, 1.165) is 57.8 Å². The molecule has 0 amide bonds. The Morgan fingerprint density at radius 3 is 0.877 bits per heavy atom. The predicted octanol–water partition coefficient (Wildman–Crippen LogP) is 16.2. The Kier molecular flexibility index (Phi) is 45.3. The van der Waals surface area contributed by atoms with Gasteiger partial charge in [-0.3, -0.25) is 14.4 Å². The average molecular weight is 805 g/mol. The van der Waals surface area contributed by atoms with E-state index in [1.807, 2.05) is 0 Å². The van der Waals surface area contributed by atoms with Crippen LogP contribution >= 0.6 is 0 Å². The molecule has 0 aliphatic rings. The van der Waals surface area contributed by atoms with E-state index in [1.165, 1.54) is 180 Å². The van der Waals surface area contributed by atoms with E-state index in [0.29, 0.717) is 19.3 Å². The molecule has 0 heterocycles. The third-order valence-corrected chi connectivity index (χ3v) is 11.3. The first kappa shape index (κ1) is 55.2. The highest BCUT2D eigenvalue weighted by Gasteiger charge is 2.19. The number of rotatable bonds is 46. The summed E-state index contributed by atoms with van der Waals surface area (Å²) in [6, 6.07) is 0. The van der Waals surface area contributed by atoms with Crippen molar-refractivity contribution in [1.29, 1.82) is 0 Å². The summed E-state index contributed by atoms with van der Waals surface area (Å²) in [5, 5.41) is 0. The molecule has 0 aromatic carbocycles. The molecule has 1 unspecified atom stereocenters. The van der Waals surface area contributed by atoms with Gasteiger partial charge in [0.2, 0.25) is 0 Å². The Labute approximate surface area is 354 Å². The highest BCUT2D eigenvalue weighted by Crippen LogP contribution is 2.16. The molecule has 57 heavy (non-hydrogen) atoms. The van der Waals surface area contributed by atoms with Gasteiger partial charge in [0.05, 0.1) is 0 Å². The van der Waals surface area contributed by atoms with Crippen LogP contribution in [0.1, 0.15) is 278 Å². The van der Waals surface area contributed by atoms with Crippen molar-refractivity contribution in [3.05, 3.63) is 12.2 Å². The summed E-state index contributed by atoms with van der Waals surface area (Å²) >= 11 is 0. The van der Waals surface area contributed by atoms with E-state index < -0.39 is 6.10 Å². The molecule has 0 spiro atoms. The van der Waals surface area contributed by atoms with Gasteiger partial charge < -0.3 is 14.2 Å². The number of carbonyl (C=O) groups is 3. The summed E-state index contributed by atoms with van der Waals surface area (Å²) in [4.78, 5) is 37.7. The lowest BCUT2D eigenvalue weighted by Crippen LogP contribution is -2.30. The molecule has 0 bridgehead atoms. The molecule has 0 aromatic rings. The highest BCUT2D eigenvalue weighted by atomic mass is 16.6. The van der Waals surface area contributed by atoms with Crippen LogP contribution in [0.15, 0.2) is 12.2 Å². The lowest BCUT2D eigenvalue weighted by molar-refractivity contribution is -0.167. The summed E-state index contributed by atoms with van der Waals surface area (Å²) in [7, 11) is 0. The Hall–Kier alpha value is -1.85. The first-order valence-electron chi connectivity index (χ1n) is 25.2. The Morgan fingerprint density at radius 1 is 0.333 bits per heavy atom. The number of allylic oxidation sites excluding steroid dienone is 2. The normalized spacial score (nSPS) is 12.0. The van der Waals surface area contributed by atoms with Crippen LogP contribution in [0.5, 0.6) is 0 Å². The zero-order chi connectivity index (χ0) is 41.5. The fourth-order valence-corrected chi connectivity index (χ4v) is 7.44. The lowest BCUT2D eigenvalue weighted by atomic mass is 10.1. The molecular weight excluding hydrogens is 709 g/mol. The molecule has 6 nitrogen and oxygen atoms in total. The van der Waals surface area contributed by atoms with Crippen molar-refractivity contribution >= 4 is 17.9 Å². The van der Waals surface area contributed by atoms with Crippen LogP contribution in [-0.2, 0) is 28.6 Å². The fourth-order valence-electron chi connectivity index (χ4n) is 7.44. The molecule has 0 fully saturated rings. The van der Waals surface area contributed by atoms with Crippen molar-refractivity contribution in [2.75, 3.05) is 13.2 Å². The lowest BCUT2D eigenvalue weighted by Gasteiger charge is -2.18. The molecule has 0 saturated carbocycles. The van der Waals surface area contributed by atoms with Gasteiger partial charge in [-0.05, 0) is 44.9 Å². The largest absolute Gasteiger partial charge is 0.462 e. The van der Waals surface area contributed by atoms with Gasteiger partial charge >= 0.3 is 17.9 Å². The summed E-state index contributed by atoms with van der Waals surface area (Å²) in [6.45, 7) is 6.61. The van der Waals surface area contributed by atoms with Crippen molar-refractivity contribution in [2.45, 2.75) is 284 Å². The average Bonchev–Trinajstić information content (AvgIpc) is 3.21. The SMILES string of the molecule is CCCCCCCCCC/C=C\CCCCCCCCCCCC(=O)OCC(COC(=O)CCCCCCCCC)OC(=O)CCCCCCCCCCCCC. The number of hydrogen-bond acceptors (Lipinski definition) is 6. The third kappa shape index (κ3) is 45.1. The Bertz CT molecular complexity index is 885. The van der Waals surface area contributed by atoms with Crippen LogP contribution in [0.3, 0.4) is 0 Å². The number of carbonyl (C=O) groups excluding carboxylic acids is 3. The van der Waals surface area contributed by atoms with E-state index >= 15 is 0 Å². The monoisotopic (exact) mass is 805 g/mol. The van der Waals surface area contributed by atoms with Crippen molar-refractivity contribution in [3.63, 3.8) is 0 Å². The summed E-state index contributed by atoms with van der Waals surface area (Å²) in [5.74, 6) is -0.864. The molecule has 6 heteroatoms. The highest BCUT2D eigenvalue weighted by molar-refractivity contribution is 5.71. The van der Waals surface area contributed by atoms with Gasteiger partial charge in [-0.25, -0.2) is 0 Å². The van der Waals surface area contributed by atoms with Gasteiger partial charge in [-0.15, -0.1) is 0 Å². The van der Waals surface area contributed by atoms with Crippen molar-refractivity contribution in [2.24, 2.45) is 0 Å². The molecular formula is C51H96O6. The number of unbranched alkanes of at least 4 members (excludes halogenated alkanes) is 33. The predicted molar refractivity (Wildman–Crippen MR) is 243 cm³/mol. The van der Waals surface area contributed by atoms with Crippen molar-refractivity contribution < 1.29 is 28.6 Å². The molecule has 0 aromatic heterocycles. The molecule has 0 saturated heterocycles. The minimum absolute atomic E-state index is 0.0668. The second-order valence-electron chi connectivity index (χ2n) is 17.1. The Balaban J connectivity index is 4.14. The van der Waals surface area contributed by atoms with Crippen LogP contribution in [0.2, 0.25) is 0 Å². The first-order chi connectivity index (χ1) is 28.0. The molecule has 0 aliphatic heterocycles. The van der Waals surface area contributed by atoms with Gasteiger partial charge in [0, 0.05) is 19.3 Å². The number of hydrogen-bond donors (Lipinski definition) is 0. The van der Waals surface area contributed by atoms with E-state index in [2.05, 4.69) is 32.9 Å². The third-order valence-electron chi connectivity index (χ3n) is 11.3. The molecule has 0 radical (unpaired) electrons. The van der Waals surface area contributed by atoms with Gasteiger partial charge in [0.15, 0.2) is 6.10 Å². The van der Waals surface area contributed by atoms with Gasteiger partial charge in [0.25, 0.3) is 0 Å². The smallest absolute Gasteiger partial charge is 0.306 e. The standard InChI is InChI=1S/C51H96O6/c1-4-7-10-13-16-18-20-21-22-23-24-25-26-27-28-29-31-32-35-38-41-44-50(53)56-47-48(46-55-49(52)43-40-37-34-15-12-9-6-3)57-51(54)45-42-39-36-33-30-19-17-14-11-8-5-2/h23-24,48H,4-22,25-47H2,1-3H3/b24-23-. The van der Waals surface area contributed by atoms with Crippen LogP contribution < -0.4 is 0 Å². The molecule has 0 N–H and O–H groups in total. The minimum atomic E-state index is -0.761. The maximum absolute atomic E-state index is 12.7. The van der Waals surface area contributed by atoms with E-state index in [-0.39, 0.29) is 31.1 Å². The number of ether oxygens (including phenoxy) is 3. The summed E-state index contributed by atoms with van der Waals surface area (Å²) in [6.07, 6.45) is 50.7. The second kappa shape index (κ2) is 46.8. The zero-order valence-corrected chi connectivity index (χ0v) is 38.4. The quantitative estimate of drug-likeness (QED) is 0.0264. The van der Waals surface area contributed by atoms with Gasteiger partial charge in [0.1, 0.15) is 13.2 Å². The maximum Gasteiger partial charge on any atom is 0.306 e. The second-order valence-corrected chi connectivity index (χ2v) is 17.1. The Morgan fingerprint density at radius 2 is 0.579 bits per heavy atom. The molecule has 0 rings (SSSR count). The van der Waals surface area contributed by atoms with Crippen LogP contribution in [0, 0.1) is 0 Å². The van der Waals surface area contributed by atoms with Gasteiger partial charge in [-0.2, -0.15) is 0 Å². The molecule has 1 atom stereocenters. The van der Waals surface area contributed by atoms with E-state index in [4.69, 9.17) is 14.2 Å². The molecule has 0 aliphatic carbocycles. The van der Waals surface area contributed by atoms with Crippen LogP contribution in [0.25, 0.3) is 0 Å². The van der Waals surface area contributed by atoms with Crippen LogP contribution in [0.4, 0.5) is 0 Å². The fraction of sp³-hybridized carbons (Fsp3) is 0.902. The van der Waals surface area contributed by atoms with Crippen molar-refractivity contribution in [3.8, 4) is 0 Å². The summed E-state index contributed by atoms with van der Waals surface area (Å²) < 4.78 is 16.7. The van der Waals surface area contributed by atoms with Gasteiger partial charge in [-0.1, -0.05) is 226 Å². The van der Waals surface area contributed by atoms with Crippen LogP contribution in [-0.4, -0.2) is 37.2 Å². The maximum atomic E-state index is 12.7. The zero-order valence-electron chi connectivity index (χ0n) is 38.4. The first-order valence-corrected chi connectivity index (χ1v) is 25.2. The van der Waals surface area contributed by atoms with E-state index in [9.17, 15) is 14.4 Å². The topological polar surface area (TPSA) is 78.9 Å². The minimum Gasteiger partial charge on any atom is -0.462 e. The molecule has 336 valence electrons. The van der Waals surface area contributed by atoms with Crippen molar-refractivity contribution in [1.82, 2.24) is 0 Å². The summed E-state index contributed by atoms with van der Waals surface area (Å²) in [5.41, 5.74) is 0. The van der Waals surface area contributed by atoms with E-state index in [1.54, 1.807) is 0 Å². The number of esters is 3.